The molecule has 0 saturated heterocycles. The van der Waals surface area contributed by atoms with E-state index >= 15 is 0 Å². The molecule has 0 bridgehead atoms. The van der Waals surface area contributed by atoms with Crippen LogP contribution in [0.4, 0.5) is 5.95 Å². The zero-order valence-electron chi connectivity index (χ0n) is 13.3. The number of nitrogens with zero attached hydrogens (tertiary/aromatic N) is 1. The average Bonchev–Trinajstić information content (AvgIpc) is 2.96. The lowest BCUT2D eigenvalue weighted by Gasteiger charge is -2.08. The molecule has 1 aromatic heterocycles. The molecule has 0 aliphatic heterocycles. The largest absolute Gasteiger partial charge is 0.492 e. The third-order valence-electron chi connectivity index (χ3n) is 3.59. The summed E-state index contributed by atoms with van der Waals surface area (Å²) in [6.45, 7) is 2.15. The molecule has 24 heavy (non-hydrogen) atoms. The molecular weight excluding hydrogens is 326 g/mol. The Morgan fingerprint density at radius 3 is 2.58 bits per heavy atom. The molecule has 2 N–H and O–H groups in total. The van der Waals surface area contributed by atoms with E-state index in [9.17, 15) is 8.42 Å². The van der Waals surface area contributed by atoms with Crippen molar-refractivity contribution in [3.63, 3.8) is 0 Å². The number of aryl methyl sites for hydroxylation is 1. The second-order valence-electron chi connectivity index (χ2n) is 5.37. The Morgan fingerprint density at radius 2 is 1.88 bits per heavy atom. The fraction of sp³-hybridized carbons (Fsp3) is 0.235. The van der Waals surface area contributed by atoms with Crippen LogP contribution < -0.4 is 9.46 Å². The van der Waals surface area contributed by atoms with Crippen LogP contribution in [0.5, 0.6) is 5.75 Å². The van der Waals surface area contributed by atoms with Gasteiger partial charge in [-0.2, -0.15) is 0 Å². The predicted molar refractivity (Wildman–Crippen MR) is 94.8 cm³/mol. The van der Waals surface area contributed by atoms with Crippen molar-refractivity contribution in [1.82, 2.24) is 9.97 Å². The van der Waals surface area contributed by atoms with Crippen molar-refractivity contribution in [1.29, 1.82) is 0 Å². The number of para-hydroxylation sites is 2. The zero-order chi connectivity index (χ0) is 17.0. The number of hydrogen-bond donors (Lipinski definition) is 2. The number of sulfonamides is 1. The van der Waals surface area contributed by atoms with Gasteiger partial charge in [-0.25, -0.2) is 13.4 Å². The van der Waals surface area contributed by atoms with E-state index in [0.29, 0.717) is 11.3 Å². The number of rotatable bonds is 7. The number of anilines is 1. The summed E-state index contributed by atoms with van der Waals surface area (Å²) in [5.74, 6) is 0.717. The van der Waals surface area contributed by atoms with Gasteiger partial charge in [0, 0.05) is 0 Å². The van der Waals surface area contributed by atoms with Crippen molar-refractivity contribution >= 4 is 27.0 Å². The van der Waals surface area contributed by atoms with E-state index in [1.165, 1.54) is 5.56 Å². The van der Waals surface area contributed by atoms with Gasteiger partial charge in [-0.1, -0.05) is 31.2 Å². The summed E-state index contributed by atoms with van der Waals surface area (Å²) in [5.41, 5.74) is 2.70. The molecule has 2 aromatic carbocycles. The SMILES string of the molecule is CCc1ccc(OCCS(=O)(=O)Nc2nc3ccccc3[nH]2)cc1. The first-order chi connectivity index (χ1) is 11.6. The number of aromatic nitrogens is 2. The van der Waals surface area contributed by atoms with Gasteiger partial charge in [-0.3, -0.25) is 4.72 Å². The lowest BCUT2D eigenvalue weighted by atomic mass is 10.2. The average molecular weight is 345 g/mol. The van der Waals surface area contributed by atoms with Crippen molar-refractivity contribution in [2.45, 2.75) is 13.3 Å². The Kier molecular flexibility index (Phi) is 4.71. The molecule has 0 aliphatic carbocycles. The normalized spacial score (nSPS) is 11.5. The van der Waals surface area contributed by atoms with Gasteiger partial charge in [0.15, 0.2) is 0 Å². The number of fused-ring (bicyclic) bond motifs is 1. The van der Waals surface area contributed by atoms with Gasteiger partial charge in [-0.15, -0.1) is 0 Å². The fourth-order valence-electron chi connectivity index (χ4n) is 2.29. The lowest BCUT2D eigenvalue weighted by molar-refractivity contribution is 0.341. The number of H-pyrrole nitrogens is 1. The molecule has 7 heteroatoms. The molecule has 0 fully saturated rings. The van der Waals surface area contributed by atoms with Gasteiger partial charge >= 0.3 is 0 Å². The van der Waals surface area contributed by atoms with Gasteiger partial charge < -0.3 is 9.72 Å². The third-order valence-corrected chi connectivity index (χ3v) is 4.80. The number of nitrogens with one attached hydrogen (secondary N) is 2. The smallest absolute Gasteiger partial charge is 0.238 e. The summed E-state index contributed by atoms with van der Waals surface area (Å²) in [4.78, 5) is 7.13. The second kappa shape index (κ2) is 6.92. The molecule has 0 saturated carbocycles. The third kappa shape index (κ3) is 4.05. The molecule has 0 aliphatic rings. The quantitative estimate of drug-likeness (QED) is 0.689. The van der Waals surface area contributed by atoms with Crippen LogP contribution in [0.3, 0.4) is 0 Å². The minimum Gasteiger partial charge on any atom is -0.492 e. The van der Waals surface area contributed by atoms with Gasteiger partial charge in [0.2, 0.25) is 16.0 Å². The van der Waals surface area contributed by atoms with Crippen molar-refractivity contribution in [3.05, 3.63) is 54.1 Å². The Bertz CT molecular complexity index is 885. The molecule has 0 amide bonds. The zero-order valence-corrected chi connectivity index (χ0v) is 14.1. The Labute approximate surface area is 140 Å². The Balaban J connectivity index is 1.57. The molecule has 0 unspecified atom stereocenters. The maximum atomic E-state index is 12.1. The molecule has 3 rings (SSSR count). The molecular formula is C17H19N3O3S. The van der Waals surface area contributed by atoms with Gasteiger partial charge in [0.1, 0.15) is 18.1 Å². The monoisotopic (exact) mass is 345 g/mol. The molecule has 1 heterocycles. The summed E-state index contributed by atoms with van der Waals surface area (Å²) in [6.07, 6.45) is 0.954. The summed E-state index contributed by atoms with van der Waals surface area (Å²) in [7, 11) is -3.53. The minimum absolute atomic E-state index is 0.0705. The van der Waals surface area contributed by atoms with Gasteiger partial charge in [-0.05, 0) is 36.2 Å². The van der Waals surface area contributed by atoms with Crippen LogP contribution >= 0.6 is 0 Å². The van der Waals surface area contributed by atoms with Crippen LogP contribution in [0.25, 0.3) is 11.0 Å². The van der Waals surface area contributed by atoms with E-state index in [1.54, 1.807) is 0 Å². The molecule has 3 aromatic rings. The Morgan fingerprint density at radius 1 is 1.12 bits per heavy atom. The minimum atomic E-state index is -3.53. The predicted octanol–water partition coefficient (Wildman–Crippen LogP) is 2.95. The van der Waals surface area contributed by atoms with Crippen molar-refractivity contribution in [2.75, 3.05) is 17.1 Å². The highest BCUT2D eigenvalue weighted by atomic mass is 32.2. The summed E-state index contributed by atoms with van der Waals surface area (Å²) >= 11 is 0. The molecule has 0 radical (unpaired) electrons. The lowest BCUT2D eigenvalue weighted by Crippen LogP contribution is -2.21. The van der Waals surface area contributed by atoms with Gasteiger partial charge in [0.05, 0.1) is 11.0 Å². The maximum Gasteiger partial charge on any atom is 0.238 e. The van der Waals surface area contributed by atoms with Crippen molar-refractivity contribution < 1.29 is 13.2 Å². The molecule has 6 nitrogen and oxygen atoms in total. The summed E-state index contributed by atoms with van der Waals surface area (Å²) < 4.78 is 32.2. The van der Waals surface area contributed by atoms with E-state index in [0.717, 1.165) is 11.9 Å². The topological polar surface area (TPSA) is 84.1 Å². The number of ether oxygens (including phenoxy) is 1. The van der Waals surface area contributed by atoms with E-state index in [1.807, 2.05) is 48.5 Å². The van der Waals surface area contributed by atoms with Crippen LogP contribution in [0.1, 0.15) is 12.5 Å². The van der Waals surface area contributed by atoms with Gasteiger partial charge in [0.25, 0.3) is 0 Å². The van der Waals surface area contributed by atoms with Crippen LogP contribution in [0, 0.1) is 0 Å². The second-order valence-corrected chi connectivity index (χ2v) is 7.21. The van der Waals surface area contributed by atoms with Crippen molar-refractivity contribution in [3.8, 4) is 5.75 Å². The number of benzene rings is 2. The number of imidazole rings is 1. The Hall–Kier alpha value is -2.54. The van der Waals surface area contributed by atoms with E-state index in [-0.39, 0.29) is 18.3 Å². The maximum absolute atomic E-state index is 12.1. The summed E-state index contributed by atoms with van der Waals surface area (Å²) in [5, 5.41) is 0. The summed E-state index contributed by atoms with van der Waals surface area (Å²) in [6, 6.07) is 15.0. The first-order valence-corrected chi connectivity index (χ1v) is 9.38. The van der Waals surface area contributed by atoms with Crippen LogP contribution in [0.15, 0.2) is 48.5 Å². The molecule has 0 atom stereocenters. The molecule has 0 spiro atoms. The fourth-order valence-corrected chi connectivity index (χ4v) is 3.09. The van der Waals surface area contributed by atoms with Crippen LogP contribution in [0.2, 0.25) is 0 Å². The first-order valence-electron chi connectivity index (χ1n) is 7.73. The highest BCUT2D eigenvalue weighted by molar-refractivity contribution is 7.92. The number of hydrogen-bond acceptors (Lipinski definition) is 4. The highest BCUT2D eigenvalue weighted by Gasteiger charge is 2.13. The van der Waals surface area contributed by atoms with Crippen LogP contribution in [-0.4, -0.2) is 30.7 Å². The number of aromatic amines is 1. The van der Waals surface area contributed by atoms with E-state index < -0.39 is 10.0 Å². The first kappa shape index (κ1) is 16.3. The van der Waals surface area contributed by atoms with E-state index in [4.69, 9.17) is 4.74 Å². The molecule has 126 valence electrons. The van der Waals surface area contributed by atoms with E-state index in [2.05, 4.69) is 21.6 Å². The van der Waals surface area contributed by atoms with Crippen LogP contribution in [-0.2, 0) is 16.4 Å². The standard InChI is InChI=1S/C17H19N3O3S/c1-2-13-7-9-14(10-8-13)23-11-12-24(21,22)20-17-18-15-5-3-4-6-16(15)19-17/h3-10H,2,11-12H2,1H3,(H2,18,19,20). The van der Waals surface area contributed by atoms with Crippen molar-refractivity contribution in [2.24, 2.45) is 0 Å². The highest BCUT2D eigenvalue weighted by Crippen LogP contribution is 2.15.